The fourth-order valence-electron chi connectivity index (χ4n) is 3.63. The van der Waals surface area contributed by atoms with Crippen molar-refractivity contribution in [1.29, 1.82) is 0 Å². The van der Waals surface area contributed by atoms with Gasteiger partial charge in [0.1, 0.15) is 0 Å². The average Bonchev–Trinajstić information content (AvgIpc) is 2.90. The van der Waals surface area contributed by atoms with Crippen molar-refractivity contribution in [3.8, 4) is 0 Å². The van der Waals surface area contributed by atoms with E-state index in [0.29, 0.717) is 6.04 Å². The largest absolute Gasteiger partial charge is 0.312 e. The molecule has 1 aliphatic carbocycles. The molecule has 1 unspecified atom stereocenters. The Morgan fingerprint density at radius 3 is 2.70 bits per heavy atom. The topological polar surface area (TPSA) is 15.3 Å². The molecule has 1 atom stereocenters. The summed E-state index contributed by atoms with van der Waals surface area (Å²) < 4.78 is 0. The molecule has 20 heavy (non-hydrogen) atoms. The normalized spacial score (nSPS) is 28.3. The molecule has 0 spiro atoms. The molecule has 0 aromatic heterocycles. The zero-order valence-electron chi connectivity index (χ0n) is 12.9. The first-order valence-corrected chi connectivity index (χ1v) is 8.26. The molecular formula is C18H28N2. The van der Waals surface area contributed by atoms with Crippen LogP contribution in [-0.4, -0.2) is 36.6 Å². The number of benzene rings is 1. The third kappa shape index (κ3) is 3.24. The van der Waals surface area contributed by atoms with Crippen LogP contribution in [0.15, 0.2) is 24.3 Å². The molecule has 2 heteroatoms. The minimum atomic E-state index is 0.704. The maximum atomic E-state index is 3.77. The van der Waals surface area contributed by atoms with Crippen LogP contribution in [0.25, 0.3) is 0 Å². The van der Waals surface area contributed by atoms with E-state index in [1.54, 1.807) is 0 Å². The molecule has 3 rings (SSSR count). The van der Waals surface area contributed by atoms with Gasteiger partial charge in [-0.2, -0.15) is 0 Å². The second kappa shape index (κ2) is 6.28. The molecule has 0 amide bonds. The highest BCUT2D eigenvalue weighted by atomic mass is 15.2. The second-order valence-corrected chi connectivity index (χ2v) is 6.78. The van der Waals surface area contributed by atoms with Gasteiger partial charge in [0.25, 0.3) is 0 Å². The van der Waals surface area contributed by atoms with Gasteiger partial charge >= 0.3 is 0 Å². The molecule has 1 saturated heterocycles. The van der Waals surface area contributed by atoms with Crippen LogP contribution in [0.5, 0.6) is 0 Å². The fraction of sp³-hybridized carbons (Fsp3) is 0.667. The summed E-state index contributed by atoms with van der Waals surface area (Å²) in [5.74, 6) is 0.787. The predicted molar refractivity (Wildman–Crippen MR) is 85.2 cm³/mol. The highest BCUT2D eigenvalue weighted by Crippen LogP contribution is 2.37. The van der Waals surface area contributed by atoms with Crippen LogP contribution < -0.4 is 5.32 Å². The van der Waals surface area contributed by atoms with Gasteiger partial charge in [-0.15, -0.1) is 0 Å². The summed E-state index contributed by atoms with van der Waals surface area (Å²) in [6, 6.07) is 10.5. The van der Waals surface area contributed by atoms with Crippen molar-refractivity contribution in [2.75, 3.05) is 19.6 Å². The van der Waals surface area contributed by atoms with Gasteiger partial charge in [-0.25, -0.2) is 0 Å². The molecular weight excluding hydrogens is 244 g/mol. The Hall–Kier alpha value is -0.860. The van der Waals surface area contributed by atoms with Gasteiger partial charge < -0.3 is 5.32 Å². The van der Waals surface area contributed by atoms with Crippen LogP contribution in [0.2, 0.25) is 0 Å². The summed E-state index contributed by atoms with van der Waals surface area (Å²) in [5.41, 5.74) is 2.93. The summed E-state index contributed by atoms with van der Waals surface area (Å²) in [4.78, 5) is 2.63. The first-order chi connectivity index (χ1) is 9.72. The zero-order chi connectivity index (χ0) is 13.9. The molecule has 1 heterocycles. The van der Waals surface area contributed by atoms with Crippen molar-refractivity contribution in [3.63, 3.8) is 0 Å². The Bertz CT molecular complexity index is 431. The lowest BCUT2D eigenvalue weighted by Gasteiger charge is -2.38. The van der Waals surface area contributed by atoms with Crippen molar-refractivity contribution in [1.82, 2.24) is 10.2 Å². The number of hydrogen-bond donors (Lipinski definition) is 1. The third-order valence-corrected chi connectivity index (χ3v) is 5.12. The SMILES string of the molecule is Cc1cccc(C2CC(NCC(C)N3CCCC3)C2)c1. The minimum absolute atomic E-state index is 0.704. The van der Waals surface area contributed by atoms with Gasteiger partial charge in [0, 0.05) is 18.6 Å². The zero-order valence-corrected chi connectivity index (χ0v) is 12.9. The molecule has 110 valence electrons. The first-order valence-electron chi connectivity index (χ1n) is 8.26. The lowest BCUT2D eigenvalue weighted by atomic mass is 9.75. The van der Waals surface area contributed by atoms with Gasteiger partial charge in [-0.3, -0.25) is 4.90 Å². The number of nitrogens with one attached hydrogen (secondary N) is 1. The van der Waals surface area contributed by atoms with E-state index in [1.165, 1.54) is 49.9 Å². The van der Waals surface area contributed by atoms with Crippen LogP contribution >= 0.6 is 0 Å². The van der Waals surface area contributed by atoms with Gasteiger partial charge in [0.2, 0.25) is 0 Å². The van der Waals surface area contributed by atoms with Crippen molar-refractivity contribution in [2.45, 2.75) is 57.5 Å². The number of likely N-dealkylation sites (tertiary alicyclic amines) is 1. The molecule has 2 aliphatic rings. The summed E-state index contributed by atoms with van der Waals surface area (Å²) >= 11 is 0. The third-order valence-electron chi connectivity index (χ3n) is 5.12. The van der Waals surface area contributed by atoms with E-state index < -0.39 is 0 Å². The van der Waals surface area contributed by atoms with E-state index in [1.807, 2.05) is 0 Å². The van der Waals surface area contributed by atoms with Crippen molar-refractivity contribution in [2.24, 2.45) is 0 Å². The van der Waals surface area contributed by atoms with Crippen molar-refractivity contribution in [3.05, 3.63) is 35.4 Å². The van der Waals surface area contributed by atoms with E-state index >= 15 is 0 Å². The van der Waals surface area contributed by atoms with E-state index in [0.717, 1.165) is 18.5 Å². The van der Waals surface area contributed by atoms with Gasteiger partial charge in [-0.05, 0) is 64.1 Å². The second-order valence-electron chi connectivity index (χ2n) is 6.78. The highest BCUT2D eigenvalue weighted by molar-refractivity contribution is 5.27. The Morgan fingerprint density at radius 2 is 2.00 bits per heavy atom. The molecule has 0 bridgehead atoms. The fourth-order valence-corrected chi connectivity index (χ4v) is 3.63. The minimum Gasteiger partial charge on any atom is -0.312 e. The Labute approximate surface area is 123 Å². The van der Waals surface area contributed by atoms with Gasteiger partial charge in [0.15, 0.2) is 0 Å². The van der Waals surface area contributed by atoms with Crippen molar-refractivity contribution >= 4 is 0 Å². The van der Waals surface area contributed by atoms with E-state index in [4.69, 9.17) is 0 Å². The van der Waals surface area contributed by atoms with Crippen LogP contribution in [0.3, 0.4) is 0 Å². The van der Waals surface area contributed by atoms with Crippen molar-refractivity contribution < 1.29 is 0 Å². The molecule has 1 aliphatic heterocycles. The Kier molecular flexibility index (Phi) is 4.42. The van der Waals surface area contributed by atoms with Crippen LogP contribution in [-0.2, 0) is 0 Å². The van der Waals surface area contributed by atoms with Gasteiger partial charge in [0.05, 0.1) is 0 Å². The van der Waals surface area contributed by atoms with Gasteiger partial charge in [-0.1, -0.05) is 29.8 Å². The Balaban J connectivity index is 1.40. The van der Waals surface area contributed by atoms with E-state index in [-0.39, 0.29) is 0 Å². The number of hydrogen-bond acceptors (Lipinski definition) is 2. The lowest BCUT2D eigenvalue weighted by Crippen LogP contribution is -2.46. The highest BCUT2D eigenvalue weighted by Gasteiger charge is 2.30. The lowest BCUT2D eigenvalue weighted by molar-refractivity contribution is 0.220. The first kappa shape index (κ1) is 14.1. The molecule has 1 aromatic carbocycles. The molecule has 1 N–H and O–H groups in total. The smallest absolute Gasteiger partial charge is 0.0192 e. The van der Waals surface area contributed by atoms with E-state index in [2.05, 4.69) is 48.3 Å². The molecule has 1 saturated carbocycles. The maximum Gasteiger partial charge on any atom is 0.0192 e. The summed E-state index contributed by atoms with van der Waals surface area (Å²) in [6.45, 7) is 8.33. The monoisotopic (exact) mass is 272 g/mol. The summed E-state index contributed by atoms with van der Waals surface area (Å²) in [5, 5.41) is 3.77. The van der Waals surface area contributed by atoms with Crippen LogP contribution in [0, 0.1) is 6.92 Å². The summed E-state index contributed by atoms with van der Waals surface area (Å²) in [7, 11) is 0. The Morgan fingerprint density at radius 1 is 1.25 bits per heavy atom. The molecule has 1 aromatic rings. The number of aryl methyl sites for hydroxylation is 1. The number of nitrogens with zero attached hydrogens (tertiary/aromatic N) is 1. The number of rotatable bonds is 5. The predicted octanol–water partition coefficient (Wildman–Crippen LogP) is 3.31. The van der Waals surface area contributed by atoms with Crippen LogP contribution in [0.1, 0.15) is 49.7 Å². The van der Waals surface area contributed by atoms with Crippen LogP contribution in [0.4, 0.5) is 0 Å². The summed E-state index contributed by atoms with van der Waals surface area (Å²) in [6.07, 6.45) is 5.42. The molecule has 2 fully saturated rings. The molecule has 2 nitrogen and oxygen atoms in total. The quantitative estimate of drug-likeness (QED) is 0.884. The molecule has 0 radical (unpaired) electrons. The standard InChI is InChI=1S/C18H28N2/c1-14-6-5-7-16(10-14)17-11-18(12-17)19-13-15(2)20-8-3-4-9-20/h5-7,10,15,17-19H,3-4,8-9,11-13H2,1-2H3. The average molecular weight is 272 g/mol. The maximum absolute atomic E-state index is 3.77. The van der Waals surface area contributed by atoms with E-state index in [9.17, 15) is 0 Å².